The Hall–Kier alpha value is -2.14. The zero-order valence-corrected chi connectivity index (χ0v) is 14.2. The number of benzene rings is 1. The van der Waals surface area contributed by atoms with Crippen LogP contribution in [0.2, 0.25) is 0 Å². The summed E-state index contributed by atoms with van der Waals surface area (Å²) in [5, 5.41) is 10.5. The standard InChI is InChI=1S/C18H24N4O/c1-18(2,3)12-5-7-13(8-6-12)22(4)17(23)16-14-11-19-10-9-15(14)20-21-16/h5-8,19H,9-11H2,1-4H3,(H,20,21). The maximum absolute atomic E-state index is 12.8. The van der Waals surface area contributed by atoms with Gasteiger partial charge in [-0.2, -0.15) is 5.10 Å². The van der Waals surface area contributed by atoms with Gasteiger partial charge in [0.2, 0.25) is 0 Å². The maximum Gasteiger partial charge on any atom is 0.278 e. The molecule has 0 bridgehead atoms. The van der Waals surface area contributed by atoms with E-state index in [1.54, 1.807) is 11.9 Å². The van der Waals surface area contributed by atoms with Crippen molar-refractivity contribution >= 4 is 11.6 Å². The van der Waals surface area contributed by atoms with Crippen LogP contribution in [0.3, 0.4) is 0 Å². The minimum atomic E-state index is -0.0743. The lowest BCUT2D eigenvalue weighted by molar-refractivity contribution is 0.0987. The number of aromatic amines is 1. The van der Waals surface area contributed by atoms with Gasteiger partial charge in [-0.3, -0.25) is 9.89 Å². The van der Waals surface area contributed by atoms with Crippen molar-refractivity contribution in [3.8, 4) is 0 Å². The lowest BCUT2D eigenvalue weighted by Crippen LogP contribution is -2.30. The molecule has 0 saturated heterocycles. The molecule has 0 aliphatic carbocycles. The summed E-state index contributed by atoms with van der Waals surface area (Å²) in [6, 6.07) is 8.16. The smallest absolute Gasteiger partial charge is 0.278 e. The molecule has 0 atom stereocenters. The Morgan fingerprint density at radius 2 is 1.91 bits per heavy atom. The van der Waals surface area contributed by atoms with Crippen molar-refractivity contribution < 1.29 is 4.79 Å². The number of carbonyl (C=O) groups is 1. The number of hydrogen-bond acceptors (Lipinski definition) is 3. The molecule has 1 aliphatic heterocycles. The third kappa shape index (κ3) is 3.01. The first kappa shape index (κ1) is 15.7. The minimum absolute atomic E-state index is 0.0743. The van der Waals surface area contributed by atoms with E-state index in [1.807, 2.05) is 12.1 Å². The highest BCUT2D eigenvalue weighted by Gasteiger charge is 2.24. The normalized spacial score (nSPS) is 14.4. The Bertz CT molecular complexity index is 710. The molecule has 0 spiro atoms. The van der Waals surface area contributed by atoms with E-state index >= 15 is 0 Å². The molecule has 5 nitrogen and oxygen atoms in total. The van der Waals surface area contributed by atoms with Crippen LogP contribution < -0.4 is 10.2 Å². The molecule has 0 unspecified atom stereocenters. The number of aromatic nitrogens is 2. The molecule has 2 N–H and O–H groups in total. The molecule has 0 fully saturated rings. The van der Waals surface area contributed by atoms with Crippen LogP contribution in [-0.4, -0.2) is 29.7 Å². The number of anilines is 1. The van der Waals surface area contributed by atoms with Gasteiger partial charge in [-0.05, 0) is 23.1 Å². The molecule has 1 aromatic carbocycles. The quantitative estimate of drug-likeness (QED) is 0.896. The SMILES string of the molecule is CN(C(=O)c1n[nH]c2c1CNCC2)c1ccc(C(C)(C)C)cc1. The number of hydrogen-bond donors (Lipinski definition) is 2. The Kier molecular flexibility index (Phi) is 3.98. The van der Waals surface area contributed by atoms with E-state index in [2.05, 4.69) is 48.4 Å². The van der Waals surface area contributed by atoms with Gasteiger partial charge in [-0.25, -0.2) is 0 Å². The van der Waals surface area contributed by atoms with Crippen molar-refractivity contribution in [3.63, 3.8) is 0 Å². The summed E-state index contributed by atoms with van der Waals surface area (Å²) < 4.78 is 0. The van der Waals surface area contributed by atoms with Crippen LogP contribution in [0.15, 0.2) is 24.3 Å². The van der Waals surface area contributed by atoms with Gasteiger partial charge in [0.05, 0.1) is 0 Å². The van der Waals surface area contributed by atoms with E-state index in [1.165, 1.54) is 5.56 Å². The summed E-state index contributed by atoms with van der Waals surface area (Å²) in [7, 11) is 1.80. The monoisotopic (exact) mass is 312 g/mol. The predicted molar refractivity (Wildman–Crippen MR) is 91.9 cm³/mol. The fourth-order valence-corrected chi connectivity index (χ4v) is 2.86. The number of rotatable bonds is 2. The second kappa shape index (κ2) is 5.81. The molecule has 0 saturated carbocycles. The Morgan fingerprint density at radius 1 is 1.22 bits per heavy atom. The predicted octanol–water partition coefficient (Wildman–Crippen LogP) is 2.63. The van der Waals surface area contributed by atoms with Gasteiger partial charge in [-0.1, -0.05) is 32.9 Å². The molecule has 122 valence electrons. The molecule has 1 aliphatic rings. The number of carbonyl (C=O) groups excluding carboxylic acids is 1. The summed E-state index contributed by atoms with van der Waals surface area (Å²) >= 11 is 0. The summed E-state index contributed by atoms with van der Waals surface area (Å²) in [4.78, 5) is 14.4. The van der Waals surface area contributed by atoms with Gasteiger partial charge in [0.15, 0.2) is 5.69 Å². The lowest BCUT2D eigenvalue weighted by atomic mass is 9.87. The molecule has 2 heterocycles. The van der Waals surface area contributed by atoms with Crippen molar-refractivity contribution in [2.75, 3.05) is 18.5 Å². The highest BCUT2D eigenvalue weighted by molar-refractivity contribution is 6.05. The van der Waals surface area contributed by atoms with Gasteiger partial charge >= 0.3 is 0 Å². The number of amides is 1. The van der Waals surface area contributed by atoms with Crippen LogP contribution in [0, 0.1) is 0 Å². The van der Waals surface area contributed by atoms with E-state index in [0.29, 0.717) is 12.2 Å². The topological polar surface area (TPSA) is 61.0 Å². The maximum atomic E-state index is 12.8. The first-order chi connectivity index (χ1) is 10.9. The Morgan fingerprint density at radius 3 is 2.57 bits per heavy atom. The fourth-order valence-electron chi connectivity index (χ4n) is 2.86. The molecule has 23 heavy (non-hydrogen) atoms. The number of nitrogens with zero attached hydrogens (tertiary/aromatic N) is 2. The van der Waals surface area contributed by atoms with Crippen molar-refractivity contribution in [1.82, 2.24) is 15.5 Å². The highest BCUT2D eigenvalue weighted by Crippen LogP contribution is 2.25. The van der Waals surface area contributed by atoms with Crippen LogP contribution >= 0.6 is 0 Å². The lowest BCUT2D eigenvalue weighted by Gasteiger charge is -2.22. The second-order valence-electron chi connectivity index (χ2n) is 7.12. The Balaban J connectivity index is 1.84. The van der Waals surface area contributed by atoms with E-state index in [0.717, 1.165) is 29.9 Å². The van der Waals surface area contributed by atoms with E-state index < -0.39 is 0 Å². The molecule has 3 rings (SSSR count). The zero-order valence-electron chi connectivity index (χ0n) is 14.2. The van der Waals surface area contributed by atoms with Crippen LogP contribution in [0.5, 0.6) is 0 Å². The summed E-state index contributed by atoms with van der Waals surface area (Å²) in [6.07, 6.45) is 0.888. The van der Waals surface area contributed by atoms with Crippen LogP contribution in [0.25, 0.3) is 0 Å². The van der Waals surface area contributed by atoms with E-state index in [9.17, 15) is 4.79 Å². The first-order valence-corrected chi connectivity index (χ1v) is 8.03. The number of H-pyrrole nitrogens is 1. The second-order valence-corrected chi connectivity index (χ2v) is 7.12. The molecule has 0 radical (unpaired) electrons. The van der Waals surface area contributed by atoms with Gasteiger partial charge in [-0.15, -0.1) is 0 Å². The van der Waals surface area contributed by atoms with Crippen LogP contribution in [0.1, 0.15) is 48.1 Å². The van der Waals surface area contributed by atoms with E-state index in [-0.39, 0.29) is 11.3 Å². The third-order valence-corrected chi connectivity index (χ3v) is 4.43. The molecule has 1 amide bonds. The van der Waals surface area contributed by atoms with Crippen LogP contribution in [0.4, 0.5) is 5.69 Å². The van der Waals surface area contributed by atoms with Crippen molar-refractivity contribution in [2.45, 2.75) is 39.2 Å². The molecular weight excluding hydrogens is 288 g/mol. The number of fused-ring (bicyclic) bond motifs is 1. The molecular formula is C18H24N4O. The molecule has 5 heteroatoms. The van der Waals surface area contributed by atoms with Crippen LogP contribution in [-0.2, 0) is 18.4 Å². The number of nitrogens with one attached hydrogen (secondary N) is 2. The van der Waals surface area contributed by atoms with Crippen molar-refractivity contribution in [1.29, 1.82) is 0 Å². The zero-order chi connectivity index (χ0) is 16.6. The van der Waals surface area contributed by atoms with Gasteiger partial charge in [0.1, 0.15) is 0 Å². The average Bonchev–Trinajstić information content (AvgIpc) is 2.97. The minimum Gasteiger partial charge on any atom is -0.312 e. The largest absolute Gasteiger partial charge is 0.312 e. The molecule has 1 aromatic heterocycles. The highest BCUT2D eigenvalue weighted by atomic mass is 16.2. The van der Waals surface area contributed by atoms with Gasteiger partial charge < -0.3 is 10.2 Å². The summed E-state index contributed by atoms with van der Waals surface area (Å²) in [5.41, 5.74) is 4.83. The average molecular weight is 312 g/mol. The molecule has 2 aromatic rings. The summed E-state index contributed by atoms with van der Waals surface area (Å²) in [5.74, 6) is -0.0743. The van der Waals surface area contributed by atoms with Gasteiger partial charge in [0.25, 0.3) is 5.91 Å². The first-order valence-electron chi connectivity index (χ1n) is 8.03. The van der Waals surface area contributed by atoms with Gasteiger partial charge in [0, 0.05) is 43.5 Å². The fraction of sp³-hybridized carbons (Fsp3) is 0.444. The third-order valence-electron chi connectivity index (χ3n) is 4.43. The Labute approximate surface area is 137 Å². The van der Waals surface area contributed by atoms with E-state index in [4.69, 9.17) is 0 Å². The van der Waals surface area contributed by atoms with Crippen molar-refractivity contribution in [2.24, 2.45) is 0 Å². The summed E-state index contributed by atoms with van der Waals surface area (Å²) in [6.45, 7) is 8.16. The van der Waals surface area contributed by atoms with Crippen molar-refractivity contribution in [3.05, 3.63) is 46.8 Å².